The lowest BCUT2D eigenvalue weighted by atomic mass is 10.0. The predicted octanol–water partition coefficient (Wildman–Crippen LogP) is 7.03. The average Bonchev–Trinajstić information content (AvgIpc) is 2.61. The molecule has 0 saturated carbocycles. The molecule has 0 spiro atoms. The number of hydrogen-bond acceptors (Lipinski definition) is 1. The van der Waals surface area contributed by atoms with Crippen LogP contribution >= 0.6 is 0 Å². The maximum absolute atomic E-state index is 2.35. The first kappa shape index (κ1) is 17.3. The summed E-state index contributed by atoms with van der Waals surface area (Å²) in [5, 5.41) is 0. The van der Waals surface area contributed by atoms with Crippen LogP contribution in [0.3, 0.4) is 0 Å². The first-order chi connectivity index (χ1) is 12.1. The lowest BCUT2D eigenvalue weighted by molar-refractivity contribution is 0.912. The maximum Gasteiger partial charge on any atom is 0.0464 e. The largest absolute Gasteiger partial charge is 0.310 e. The van der Waals surface area contributed by atoms with E-state index in [1.165, 1.54) is 45.7 Å². The Kier molecular flexibility index (Phi) is 5.23. The van der Waals surface area contributed by atoms with Gasteiger partial charge in [0.15, 0.2) is 0 Å². The average molecular weight is 329 g/mol. The number of nitrogens with zero attached hydrogens (tertiary/aromatic N) is 1. The zero-order valence-electron chi connectivity index (χ0n) is 15.7. The third-order valence-electron chi connectivity index (χ3n) is 4.69. The molecular formula is C24H27N. The highest BCUT2D eigenvalue weighted by Crippen LogP contribution is 2.35. The van der Waals surface area contributed by atoms with E-state index < -0.39 is 0 Å². The molecule has 3 aromatic carbocycles. The van der Waals surface area contributed by atoms with Crippen molar-refractivity contribution < 1.29 is 0 Å². The third kappa shape index (κ3) is 3.93. The minimum absolute atomic E-state index is 1.12. The van der Waals surface area contributed by atoms with Gasteiger partial charge in [-0.25, -0.2) is 0 Å². The van der Waals surface area contributed by atoms with Gasteiger partial charge in [0.2, 0.25) is 0 Å². The van der Waals surface area contributed by atoms with Crippen molar-refractivity contribution >= 4 is 17.1 Å². The van der Waals surface area contributed by atoms with Crippen molar-refractivity contribution in [3.05, 3.63) is 89.0 Å². The van der Waals surface area contributed by atoms with Gasteiger partial charge in [0.1, 0.15) is 0 Å². The van der Waals surface area contributed by atoms with Crippen LogP contribution in [-0.4, -0.2) is 0 Å². The third-order valence-corrected chi connectivity index (χ3v) is 4.69. The molecule has 0 aliphatic carbocycles. The first-order valence-electron chi connectivity index (χ1n) is 9.11. The Morgan fingerprint density at radius 1 is 0.640 bits per heavy atom. The molecule has 1 nitrogen and oxygen atoms in total. The van der Waals surface area contributed by atoms with Crippen LogP contribution in [0.4, 0.5) is 17.1 Å². The lowest BCUT2D eigenvalue weighted by Gasteiger charge is -2.26. The number of hydrogen-bond donors (Lipinski definition) is 0. The summed E-state index contributed by atoms with van der Waals surface area (Å²) in [5.74, 6) is 0. The van der Waals surface area contributed by atoms with E-state index in [4.69, 9.17) is 0 Å². The van der Waals surface area contributed by atoms with Crippen molar-refractivity contribution in [2.45, 2.75) is 40.5 Å². The molecule has 0 N–H and O–H groups in total. The quantitative estimate of drug-likeness (QED) is 0.485. The van der Waals surface area contributed by atoms with Crippen LogP contribution in [0.15, 0.2) is 66.7 Å². The Morgan fingerprint density at radius 3 is 1.60 bits per heavy atom. The molecule has 0 atom stereocenters. The lowest BCUT2D eigenvalue weighted by Crippen LogP contribution is -2.10. The molecule has 3 rings (SSSR count). The molecule has 0 radical (unpaired) electrons. The second kappa shape index (κ2) is 7.57. The molecule has 0 aliphatic heterocycles. The summed E-state index contributed by atoms with van der Waals surface area (Å²) in [5.41, 5.74) is 8.98. The van der Waals surface area contributed by atoms with Gasteiger partial charge in [0, 0.05) is 17.1 Å². The van der Waals surface area contributed by atoms with Crippen LogP contribution in [-0.2, 0) is 6.42 Å². The molecular weight excluding hydrogens is 302 g/mol. The van der Waals surface area contributed by atoms with Gasteiger partial charge in [-0.2, -0.15) is 0 Å². The van der Waals surface area contributed by atoms with Crippen LogP contribution in [0.2, 0.25) is 0 Å². The van der Waals surface area contributed by atoms with Crippen molar-refractivity contribution in [3.63, 3.8) is 0 Å². The van der Waals surface area contributed by atoms with Gasteiger partial charge in [-0.1, -0.05) is 54.8 Å². The summed E-state index contributed by atoms with van der Waals surface area (Å²) in [6.07, 6.45) is 2.29. The maximum atomic E-state index is 2.35. The molecule has 3 aromatic rings. The number of benzene rings is 3. The smallest absolute Gasteiger partial charge is 0.0464 e. The Bertz CT molecular complexity index is 783. The second-order valence-corrected chi connectivity index (χ2v) is 6.87. The predicted molar refractivity (Wildman–Crippen MR) is 109 cm³/mol. The fraction of sp³-hybridized carbons (Fsp3) is 0.250. The van der Waals surface area contributed by atoms with Crippen LogP contribution < -0.4 is 4.90 Å². The first-order valence-corrected chi connectivity index (χ1v) is 9.11. The Labute approximate surface area is 151 Å². The van der Waals surface area contributed by atoms with Gasteiger partial charge in [-0.3, -0.25) is 0 Å². The molecule has 128 valence electrons. The fourth-order valence-corrected chi connectivity index (χ4v) is 3.17. The van der Waals surface area contributed by atoms with Crippen LogP contribution in [0.25, 0.3) is 0 Å². The number of aryl methyl sites for hydroxylation is 4. The molecule has 0 fully saturated rings. The summed E-state index contributed by atoms with van der Waals surface area (Å²) < 4.78 is 0. The van der Waals surface area contributed by atoms with Crippen molar-refractivity contribution in [2.75, 3.05) is 4.90 Å². The van der Waals surface area contributed by atoms with Crippen molar-refractivity contribution in [2.24, 2.45) is 0 Å². The van der Waals surface area contributed by atoms with E-state index in [2.05, 4.69) is 99.3 Å². The molecule has 1 heteroatoms. The van der Waals surface area contributed by atoms with Crippen molar-refractivity contribution in [1.82, 2.24) is 0 Å². The molecule has 0 heterocycles. The minimum atomic E-state index is 1.12. The van der Waals surface area contributed by atoms with Gasteiger partial charge in [0.05, 0.1) is 0 Å². The molecule has 0 unspecified atom stereocenters. The van der Waals surface area contributed by atoms with E-state index in [1.54, 1.807) is 0 Å². The van der Waals surface area contributed by atoms with E-state index in [9.17, 15) is 0 Å². The summed E-state index contributed by atoms with van der Waals surface area (Å²) in [6.45, 7) is 8.71. The van der Waals surface area contributed by atoms with Crippen LogP contribution in [0, 0.1) is 20.8 Å². The van der Waals surface area contributed by atoms with E-state index >= 15 is 0 Å². The number of rotatable bonds is 5. The Balaban J connectivity index is 2.12. The molecule has 0 saturated heterocycles. The van der Waals surface area contributed by atoms with Crippen LogP contribution in [0.1, 0.15) is 35.6 Å². The monoisotopic (exact) mass is 329 g/mol. The summed E-state index contributed by atoms with van der Waals surface area (Å²) in [4.78, 5) is 2.34. The van der Waals surface area contributed by atoms with E-state index in [0.29, 0.717) is 0 Å². The molecule has 0 aromatic heterocycles. The van der Waals surface area contributed by atoms with Gasteiger partial charge in [0.25, 0.3) is 0 Å². The van der Waals surface area contributed by atoms with E-state index in [-0.39, 0.29) is 0 Å². The SMILES string of the molecule is CCCc1cc(N(c2ccc(C)cc2)c2ccc(C)cc2)ccc1C. The van der Waals surface area contributed by atoms with Crippen molar-refractivity contribution in [3.8, 4) is 0 Å². The summed E-state index contributed by atoms with van der Waals surface area (Å²) in [6, 6.07) is 24.3. The second-order valence-electron chi connectivity index (χ2n) is 6.87. The standard InChI is InChI=1S/C24H27N/c1-5-6-21-17-24(16-11-20(21)4)25(22-12-7-18(2)8-13-22)23-14-9-19(3)10-15-23/h7-17H,5-6H2,1-4H3. The minimum Gasteiger partial charge on any atom is -0.310 e. The topological polar surface area (TPSA) is 3.24 Å². The van der Waals surface area contributed by atoms with E-state index in [1.807, 2.05) is 0 Å². The Hall–Kier alpha value is -2.54. The normalized spacial score (nSPS) is 10.7. The Morgan fingerprint density at radius 2 is 1.12 bits per heavy atom. The fourth-order valence-electron chi connectivity index (χ4n) is 3.17. The van der Waals surface area contributed by atoms with Gasteiger partial charge in [-0.15, -0.1) is 0 Å². The summed E-state index contributed by atoms with van der Waals surface area (Å²) in [7, 11) is 0. The van der Waals surface area contributed by atoms with Gasteiger partial charge in [-0.05, 0) is 74.7 Å². The van der Waals surface area contributed by atoms with Gasteiger partial charge >= 0.3 is 0 Å². The zero-order valence-corrected chi connectivity index (χ0v) is 15.7. The summed E-state index contributed by atoms with van der Waals surface area (Å²) >= 11 is 0. The van der Waals surface area contributed by atoms with Gasteiger partial charge < -0.3 is 4.90 Å². The highest BCUT2D eigenvalue weighted by molar-refractivity contribution is 5.77. The van der Waals surface area contributed by atoms with E-state index in [0.717, 1.165) is 6.42 Å². The molecule has 0 bridgehead atoms. The molecule has 0 aliphatic rings. The van der Waals surface area contributed by atoms with Crippen LogP contribution in [0.5, 0.6) is 0 Å². The molecule has 0 amide bonds. The number of anilines is 3. The highest BCUT2D eigenvalue weighted by Gasteiger charge is 2.13. The highest BCUT2D eigenvalue weighted by atomic mass is 15.1. The zero-order chi connectivity index (χ0) is 17.8. The van der Waals surface area contributed by atoms with Crippen molar-refractivity contribution in [1.29, 1.82) is 0 Å². The molecule has 25 heavy (non-hydrogen) atoms.